The fourth-order valence-corrected chi connectivity index (χ4v) is 4.09. The molecule has 4 rings (SSSR count). The molecule has 1 amide bonds. The highest BCUT2D eigenvalue weighted by Gasteiger charge is 2.37. The summed E-state index contributed by atoms with van der Waals surface area (Å²) in [6.07, 6.45) is 1.11. The molecule has 3 aromatic carbocycles. The fourth-order valence-electron chi connectivity index (χ4n) is 4.09. The van der Waals surface area contributed by atoms with E-state index in [0.717, 1.165) is 16.7 Å². The minimum Gasteiger partial charge on any atom is -0.385 e. The van der Waals surface area contributed by atoms with Gasteiger partial charge in [0, 0.05) is 13.1 Å². The number of aliphatic hydroxyl groups is 1. The van der Waals surface area contributed by atoms with E-state index in [1.54, 1.807) is 0 Å². The maximum atomic E-state index is 13.5. The molecule has 0 bridgehead atoms. The summed E-state index contributed by atoms with van der Waals surface area (Å²) < 4.78 is 0. The van der Waals surface area contributed by atoms with E-state index in [9.17, 15) is 9.90 Å². The van der Waals surface area contributed by atoms with Gasteiger partial charge in [0.2, 0.25) is 5.91 Å². The number of rotatable bonds is 4. The molecule has 1 aliphatic heterocycles. The van der Waals surface area contributed by atoms with E-state index in [4.69, 9.17) is 0 Å². The second-order valence-corrected chi connectivity index (χ2v) is 7.48. The Hall–Kier alpha value is -2.91. The summed E-state index contributed by atoms with van der Waals surface area (Å²) in [6.45, 7) is 1.11. The highest BCUT2D eigenvalue weighted by Crippen LogP contribution is 2.35. The van der Waals surface area contributed by atoms with Crippen molar-refractivity contribution >= 4 is 5.91 Å². The van der Waals surface area contributed by atoms with Crippen LogP contribution < -0.4 is 0 Å². The molecule has 1 saturated heterocycles. The molecule has 0 unspecified atom stereocenters. The molecule has 1 aliphatic rings. The van der Waals surface area contributed by atoms with Gasteiger partial charge in [-0.1, -0.05) is 91.0 Å². The van der Waals surface area contributed by atoms with Gasteiger partial charge in [-0.25, -0.2) is 0 Å². The number of hydrogen-bond acceptors (Lipinski definition) is 2. The number of benzene rings is 3. The molecular formula is C25H25NO2. The van der Waals surface area contributed by atoms with Crippen molar-refractivity contribution in [3.8, 4) is 0 Å². The summed E-state index contributed by atoms with van der Waals surface area (Å²) in [5.74, 6) is -0.210. The van der Waals surface area contributed by atoms with Gasteiger partial charge in [0.05, 0.1) is 11.5 Å². The first-order chi connectivity index (χ1) is 13.7. The fraction of sp³-hybridized carbons (Fsp3) is 0.240. The Morgan fingerprint density at radius 2 is 1.18 bits per heavy atom. The Bertz CT molecular complexity index is 862. The Balaban J connectivity index is 1.56. The average molecular weight is 371 g/mol. The molecule has 0 atom stereocenters. The molecule has 142 valence electrons. The number of likely N-dealkylation sites (tertiary alicyclic amines) is 1. The van der Waals surface area contributed by atoms with Crippen LogP contribution >= 0.6 is 0 Å². The summed E-state index contributed by atoms with van der Waals surface area (Å²) in [7, 11) is 0. The predicted molar refractivity (Wildman–Crippen MR) is 111 cm³/mol. The second-order valence-electron chi connectivity index (χ2n) is 7.48. The number of carbonyl (C=O) groups is 1. The monoisotopic (exact) mass is 371 g/mol. The van der Waals surface area contributed by atoms with Crippen LogP contribution in [0.25, 0.3) is 0 Å². The van der Waals surface area contributed by atoms with Crippen molar-refractivity contribution in [1.29, 1.82) is 0 Å². The van der Waals surface area contributed by atoms with Gasteiger partial charge < -0.3 is 10.0 Å². The summed E-state index contributed by atoms with van der Waals surface area (Å²) in [4.78, 5) is 15.4. The summed E-state index contributed by atoms with van der Waals surface area (Å²) in [6, 6.07) is 29.7. The van der Waals surface area contributed by atoms with Gasteiger partial charge in [-0.2, -0.15) is 0 Å². The third kappa shape index (κ3) is 3.71. The number of carbonyl (C=O) groups excluding carboxylic acids is 1. The van der Waals surface area contributed by atoms with Crippen LogP contribution in [0.1, 0.15) is 35.4 Å². The van der Waals surface area contributed by atoms with Gasteiger partial charge in [0.1, 0.15) is 0 Å². The highest BCUT2D eigenvalue weighted by atomic mass is 16.3. The molecule has 0 aliphatic carbocycles. The van der Waals surface area contributed by atoms with Crippen LogP contribution in [0.2, 0.25) is 0 Å². The van der Waals surface area contributed by atoms with Crippen molar-refractivity contribution in [2.24, 2.45) is 0 Å². The molecular weight excluding hydrogens is 346 g/mol. The van der Waals surface area contributed by atoms with E-state index < -0.39 is 5.60 Å². The SMILES string of the molecule is O=C(C(c1ccccc1)c1ccccc1)N1CCC(O)(c2ccccc2)CC1. The van der Waals surface area contributed by atoms with Crippen LogP contribution in [0.3, 0.4) is 0 Å². The smallest absolute Gasteiger partial charge is 0.234 e. The van der Waals surface area contributed by atoms with E-state index in [1.165, 1.54) is 0 Å². The highest BCUT2D eigenvalue weighted by molar-refractivity contribution is 5.87. The maximum Gasteiger partial charge on any atom is 0.234 e. The van der Waals surface area contributed by atoms with E-state index >= 15 is 0 Å². The molecule has 3 aromatic rings. The zero-order valence-corrected chi connectivity index (χ0v) is 15.9. The lowest BCUT2D eigenvalue weighted by molar-refractivity contribution is -0.136. The first-order valence-electron chi connectivity index (χ1n) is 9.84. The van der Waals surface area contributed by atoms with Crippen molar-refractivity contribution in [2.45, 2.75) is 24.4 Å². The van der Waals surface area contributed by atoms with Gasteiger partial charge in [-0.3, -0.25) is 4.79 Å². The zero-order valence-electron chi connectivity index (χ0n) is 15.9. The van der Waals surface area contributed by atoms with Crippen molar-refractivity contribution in [3.05, 3.63) is 108 Å². The molecule has 3 nitrogen and oxygen atoms in total. The Kier molecular flexibility index (Phi) is 5.27. The first-order valence-corrected chi connectivity index (χ1v) is 9.84. The quantitative estimate of drug-likeness (QED) is 0.742. The summed E-state index contributed by atoms with van der Waals surface area (Å²) >= 11 is 0. The average Bonchev–Trinajstić information content (AvgIpc) is 2.76. The standard InChI is InChI=1S/C25H25NO2/c27-24(23(20-10-4-1-5-11-20)21-12-6-2-7-13-21)26-18-16-25(28,17-19-26)22-14-8-3-9-15-22/h1-15,23,28H,16-19H2. The largest absolute Gasteiger partial charge is 0.385 e. The molecule has 0 saturated carbocycles. The van der Waals surface area contributed by atoms with E-state index in [2.05, 4.69) is 0 Å². The number of nitrogens with zero attached hydrogens (tertiary/aromatic N) is 1. The van der Waals surface area contributed by atoms with Gasteiger partial charge in [-0.05, 0) is 29.5 Å². The van der Waals surface area contributed by atoms with Gasteiger partial charge in [0.25, 0.3) is 0 Å². The molecule has 1 N–H and O–H groups in total. The van der Waals surface area contributed by atoms with Crippen LogP contribution in [-0.2, 0) is 10.4 Å². The molecule has 0 radical (unpaired) electrons. The van der Waals surface area contributed by atoms with Crippen molar-refractivity contribution < 1.29 is 9.90 Å². The lowest BCUT2D eigenvalue weighted by atomic mass is 9.83. The molecule has 3 heteroatoms. The molecule has 28 heavy (non-hydrogen) atoms. The summed E-state index contributed by atoms with van der Waals surface area (Å²) in [5, 5.41) is 11.1. The minimum absolute atomic E-state index is 0.104. The molecule has 0 spiro atoms. The zero-order chi connectivity index (χ0) is 19.4. The number of hydrogen-bond donors (Lipinski definition) is 1. The first kappa shape index (κ1) is 18.5. The van der Waals surface area contributed by atoms with Crippen molar-refractivity contribution in [1.82, 2.24) is 4.90 Å². The van der Waals surface area contributed by atoms with Gasteiger partial charge >= 0.3 is 0 Å². The third-order valence-electron chi connectivity index (χ3n) is 5.73. The van der Waals surface area contributed by atoms with Crippen LogP contribution in [0.15, 0.2) is 91.0 Å². The van der Waals surface area contributed by atoms with Crippen molar-refractivity contribution in [2.75, 3.05) is 13.1 Å². The summed E-state index contributed by atoms with van der Waals surface area (Å²) in [5.41, 5.74) is 2.09. The Morgan fingerprint density at radius 3 is 1.64 bits per heavy atom. The molecule has 1 heterocycles. The third-order valence-corrected chi connectivity index (χ3v) is 5.73. The Morgan fingerprint density at radius 1 is 0.750 bits per heavy atom. The van der Waals surface area contributed by atoms with E-state index in [1.807, 2.05) is 95.9 Å². The lowest BCUT2D eigenvalue weighted by Gasteiger charge is -2.40. The van der Waals surface area contributed by atoms with E-state index in [-0.39, 0.29) is 11.8 Å². The van der Waals surface area contributed by atoms with E-state index in [0.29, 0.717) is 25.9 Å². The topological polar surface area (TPSA) is 40.5 Å². The second kappa shape index (κ2) is 7.99. The van der Waals surface area contributed by atoms with Gasteiger partial charge in [0.15, 0.2) is 0 Å². The van der Waals surface area contributed by atoms with Crippen LogP contribution in [-0.4, -0.2) is 29.0 Å². The van der Waals surface area contributed by atoms with Crippen molar-refractivity contribution in [3.63, 3.8) is 0 Å². The maximum absolute atomic E-state index is 13.5. The number of amides is 1. The Labute approximate surface area is 166 Å². The van der Waals surface area contributed by atoms with Crippen LogP contribution in [0.4, 0.5) is 0 Å². The predicted octanol–water partition coefficient (Wildman–Crippen LogP) is 4.33. The normalized spacial score (nSPS) is 16.1. The van der Waals surface area contributed by atoms with Crippen LogP contribution in [0.5, 0.6) is 0 Å². The molecule has 0 aromatic heterocycles. The minimum atomic E-state index is -0.854. The molecule has 1 fully saturated rings. The number of piperidine rings is 1. The van der Waals surface area contributed by atoms with Crippen LogP contribution in [0, 0.1) is 0 Å². The van der Waals surface area contributed by atoms with Gasteiger partial charge in [-0.15, -0.1) is 0 Å². The lowest BCUT2D eigenvalue weighted by Crippen LogP contribution is -2.46.